The van der Waals surface area contributed by atoms with E-state index in [-0.39, 0.29) is 17.1 Å². The molecule has 22 heavy (non-hydrogen) atoms. The highest BCUT2D eigenvalue weighted by atomic mass is 35.5. The van der Waals surface area contributed by atoms with Crippen LogP contribution in [0, 0.1) is 0 Å². The summed E-state index contributed by atoms with van der Waals surface area (Å²) in [6.45, 7) is 0. The highest BCUT2D eigenvalue weighted by Crippen LogP contribution is 2.43. The van der Waals surface area contributed by atoms with Crippen molar-refractivity contribution in [3.8, 4) is 5.75 Å². The van der Waals surface area contributed by atoms with Gasteiger partial charge >= 0.3 is 0 Å². The van der Waals surface area contributed by atoms with Crippen molar-refractivity contribution in [3.63, 3.8) is 0 Å². The lowest BCUT2D eigenvalue weighted by molar-refractivity contribution is 0.406. The Kier molecular flexibility index (Phi) is 4.35. The summed E-state index contributed by atoms with van der Waals surface area (Å²) in [4.78, 5) is 12.4. The third kappa shape index (κ3) is 3.26. The van der Waals surface area contributed by atoms with Gasteiger partial charge in [-0.3, -0.25) is 4.98 Å². The topological polar surface area (TPSA) is 72.0 Å². The number of aromatic nitrogens is 3. The molecule has 2 unspecified atom stereocenters. The average molecular weight is 336 g/mol. The van der Waals surface area contributed by atoms with Crippen LogP contribution in [0.2, 0.25) is 5.15 Å². The van der Waals surface area contributed by atoms with Crippen LogP contribution in [0.3, 0.4) is 0 Å². The number of nitrogens with one attached hydrogen (secondary N) is 2. The van der Waals surface area contributed by atoms with Crippen molar-refractivity contribution in [2.24, 2.45) is 0 Å². The predicted molar refractivity (Wildman–Crippen MR) is 88.3 cm³/mol. The zero-order valence-corrected chi connectivity index (χ0v) is 13.4. The molecular formula is C14H14ClN5OS. The summed E-state index contributed by atoms with van der Waals surface area (Å²) < 4.78 is 5.34. The number of hydrogen-bond donors (Lipinski definition) is 2. The van der Waals surface area contributed by atoms with Gasteiger partial charge < -0.3 is 15.4 Å². The maximum Gasteiger partial charge on any atom is 0.172 e. The number of halogens is 1. The number of hydrogen-bond acceptors (Lipinski definition) is 5. The molecule has 2 N–H and O–H groups in total. The summed E-state index contributed by atoms with van der Waals surface area (Å²) in [7, 11) is 1.65. The second-order valence-electron chi connectivity index (χ2n) is 4.83. The van der Waals surface area contributed by atoms with Crippen molar-refractivity contribution >= 4 is 34.7 Å². The van der Waals surface area contributed by atoms with E-state index in [1.165, 1.54) is 6.20 Å². The van der Waals surface area contributed by atoms with Gasteiger partial charge in [-0.1, -0.05) is 11.6 Å². The maximum atomic E-state index is 5.93. The predicted octanol–water partition coefficient (Wildman–Crippen LogP) is 2.38. The number of rotatable bonds is 4. The molecule has 2 aromatic heterocycles. The highest BCUT2D eigenvalue weighted by Gasteiger charge is 2.41. The average Bonchev–Trinajstić information content (AvgIpc) is 3.28. The number of thiocarbonyl (C=S) groups is 1. The second-order valence-corrected chi connectivity index (χ2v) is 5.60. The standard InChI is InChI=1S/C14H14ClN5OS/c1-21-10-3-2-4-16-11(10)8-7-9(8)19-14(22)20-13-12(15)17-5-6-18-13/h2-6,8-9H,7H2,1H3,(H2,18,19,20,22). The minimum Gasteiger partial charge on any atom is -0.495 e. The summed E-state index contributed by atoms with van der Waals surface area (Å²) in [5.74, 6) is 1.52. The van der Waals surface area contributed by atoms with Crippen LogP contribution in [0.25, 0.3) is 0 Å². The van der Waals surface area contributed by atoms with Crippen LogP contribution >= 0.6 is 23.8 Å². The minimum absolute atomic E-state index is 0.222. The quantitative estimate of drug-likeness (QED) is 0.831. The Morgan fingerprint density at radius 3 is 2.91 bits per heavy atom. The van der Waals surface area contributed by atoms with Gasteiger partial charge in [-0.2, -0.15) is 0 Å². The smallest absolute Gasteiger partial charge is 0.172 e. The van der Waals surface area contributed by atoms with E-state index in [4.69, 9.17) is 28.6 Å². The molecule has 8 heteroatoms. The molecule has 114 valence electrons. The van der Waals surface area contributed by atoms with Crippen molar-refractivity contribution in [2.75, 3.05) is 12.4 Å². The molecule has 0 bridgehead atoms. The van der Waals surface area contributed by atoms with E-state index in [2.05, 4.69) is 25.6 Å². The van der Waals surface area contributed by atoms with Gasteiger partial charge in [0.15, 0.2) is 16.1 Å². The number of anilines is 1. The third-order valence-electron chi connectivity index (χ3n) is 3.36. The molecule has 1 aliphatic carbocycles. The Morgan fingerprint density at radius 2 is 2.14 bits per heavy atom. The van der Waals surface area contributed by atoms with E-state index in [9.17, 15) is 0 Å². The van der Waals surface area contributed by atoms with Gasteiger partial charge in [0.05, 0.1) is 12.8 Å². The van der Waals surface area contributed by atoms with Crippen LogP contribution in [0.15, 0.2) is 30.7 Å². The fourth-order valence-electron chi connectivity index (χ4n) is 2.23. The number of nitrogens with zero attached hydrogens (tertiary/aromatic N) is 3. The van der Waals surface area contributed by atoms with E-state index in [1.54, 1.807) is 19.5 Å². The van der Waals surface area contributed by atoms with Crippen molar-refractivity contribution in [1.29, 1.82) is 0 Å². The van der Waals surface area contributed by atoms with Crippen molar-refractivity contribution in [2.45, 2.75) is 18.4 Å². The Morgan fingerprint density at radius 1 is 1.32 bits per heavy atom. The zero-order chi connectivity index (χ0) is 15.5. The highest BCUT2D eigenvalue weighted by molar-refractivity contribution is 7.80. The monoisotopic (exact) mass is 335 g/mol. The van der Waals surface area contributed by atoms with Gasteiger partial charge in [0.2, 0.25) is 0 Å². The van der Waals surface area contributed by atoms with E-state index >= 15 is 0 Å². The van der Waals surface area contributed by atoms with Crippen LogP contribution in [-0.2, 0) is 0 Å². The maximum absolute atomic E-state index is 5.93. The molecule has 0 aromatic carbocycles. The molecule has 2 atom stereocenters. The molecule has 2 aromatic rings. The zero-order valence-electron chi connectivity index (χ0n) is 11.8. The van der Waals surface area contributed by atoms with Gasteiger partial charge in [-0.05, 0) is 30.8 Å². The molecule has 1 fully saturated rings. The lowest BCUT2D eigenvalue weighted by Gasteiger charge is -2.11. The van der Waals surface area contributed by atoms with E-state index < -0.39 is 0 Å². The Labute approximate surface area is 138 Å². The van der Waals surface area contributed by atoms with Crippen LogP contribution in [-0.4, -0.2) is 33.2 Å². The summed E-state index contributed by atoms with van der Waals surface area (Å²) in [6.07, 6.45) is 5.79. The van der Waals surface area contributed by atoms with E-state index in [0.29, 0.717) is 10.9 Å². The first-order chi connectivity index (χ1) is 10.7. The first-order valence-corrected chi connectivity index (χ1v) is 7.50. The van der Waals surface area contributed by atoms with Crippen LogP contribution in [0.5, 0.6) is 5.75 Å². The Bertz CT molecular complexity index is 698. The molecule has 0 radical (unpaired) electrons. The van der Waals surface area contributed by atoms with Gasteiger partial charge in [0.1, 0.15) is 5.75 Å². The lowest BCUT2D eigenvalue weighted by Crippen LogP contribution is -2.31. The molecule has 6 nitrogen and oxygen atoms in total. The summed E-state index contributed by atoms with van der Waals surface area (Å²) in [6, 6.07) is 3.99. The SMILES string of the molecule is COc1cccnc1C1CC1NC(=S)Nc1nccnc1Cl. The summed E-state index contributed by atoms with van der Waals surface area (Å²) >= 11 is 11.2. The molecule has 0 spiro atoms. The first-order valence-electron chi connectivity index (χ1n) is 6.72. The minimum atomic E-state index is 0.222. The fraction of sp³-hybridized carbons (Fsp3) is 0.286. The van der Waals surface area contributed by atoms with Crippen molar-refractivity contribution < 1.29 is 4.74 Å². The van der Waals surface area contributed by atoms with Gasteiger partial charge in [0, 0.05) is 30.6 Å². The largest absolute Gasteiger partial charge is 0.495 e. The molecule has 0 saturated heterocycles. The molecule has 0 aliphatic heterocycles. The Balaban J connectivity index is 1.59. The molecule has 3 rings (SSSR count). The van der Waals surface area contributed by atoms with E-state index in [1.807, 2.05) is 12.1 Å². The summed E-state index contributed by atoms with van der Waals surface area (Å²) in [5.41, 5.74) is 0.947. The second kappa shape index (κ2) is 6.41. The number of ether oxygens (including phenoxy) is 1. The van der Waals surface area contributed by atoms with Gasteiger partial charge in [0.25, 0.3) is 0 Å². The number of methoxy groups -OCH3 is 1. The van der Waals surface area contributed by atoms with Crippen molar-refractivity contribution in [1.82, 2.24) is 20.3 Å². The molecule has 2 heterocycles. The van der Waals surface area contributed by atoms with Gasteiger partial charge in [-0.15, -0.1) is 0 Å². The van der Waals surface area contributed by atoms with Crippen molar-refractivity contribution in [3.05, 3.63) is 41.6 Å². The normalized spacial score (nSPS) is 19.4. The van der Waals surface area contributed by atoms with Crippen LogP contribution in [0.4, 0.5) is 5.82 Å². The van der Waals surface area contributed by atoms with Gasteiger partial charge in [-0.25, -0.2) is 9.97 Å². The van der Waals surface area contributed by atoms with Crippen LogP contribution in [0.1, 0.15) is 18.0 Å². The Hall–Kier alpha value is -1.99. The van der Waals surface area contributed by atoms with E-state index in [0.717, 1.165) is 17.9 Å². The fourth-order valence-corrected chi connectivity index (χ4v) is 2.63. The lowest BCUT2D eigenvalue weighted by atomic mass is 10.2. The van der Waals surface area contributed by atoms with Crippen LogP contribution < -0.4 is 15.4 Å². The molecule has 0 amide bonds. The summed E-state index contributed by atoms with van der Waals surface area (Å²) in [5, 5.41) is 6.92. The molecule has 1 aliphatic rings. The third-order valence-corrected chi connectivity index (χ3v) is 3.86. The molecule has 1 saturated carbocycles. The number of pyridine rings is 1. The molecular weight excluding hydrogens is 322 g/mol. The first kappa shape index (κ1) is 14.9.